The van der Waals surface area contributed by atoms with Gasteiger partial charge in [0.05, 0.1) is 19.3 Å². The number of hydrogen-bond donors (Lipinski definition) is 1. The minimum absolute atomic E-state index is 0.0817. The summed E-state index contributed by atoms with van der Waals surface area (Å²) in [4.78, 5) is 19.7. The number of amides is 1. The van der Waals surface area contributed by atoms with Crippen molar-refractivity contribution in [3.63, 3.8) is 0 Å². The van der Waals surface area contributed by atoms with Gasteiger partial charge in [0.1, 0.15) is 0 Å². The molecule has 0 spiro atoms. The Balaban J connectivity index is 1.70. The third-order valence-corrected chi connectivity index (χ3v) is 6.16. The molecule has 5 nitrogen and oxygen atoms in total. The van der Waals surface area contributed by atoms with Gasteiger partial charge in [-0.3, -0.25) is 9.78 Å². The summed E-state index contributed by atoms with van der Waals surface area (Å²) in [7, 11) is 0. The summed E-state index contributed by atoms with van der Waals surface area (Å²) < 4.78 is 5.77. The summed E-state index contributed by atoms with van der Waals surface area (Å²) in [6.45, 7) is 14.3. The Morgan fingerprint density at radius 2 is 1.90 bits per heavy atom. The van der Waals surface area contributed by atoms with Crippen molar-refractivity contribution in [1.82, 2.24) is 15.2 Å². The number of rotatable bonds is 2. The lowest BCUT2D eigenvalue weighted by atomic mass is 9.80. The standard InChI is InChI=1S/C25H33N3O2/c1-16-10-19(11-17(2)27-16)24(29)28-8-6-18-12-20(25(3,4)5)13-21(22(18)14-28)23-15-30-9-7-26-23/h10-13,23,26H,6-9,14-15H2,1-5H3/t23-/m0/s1. The van der Waals surface area contributed by atoms with Gasteiger partial charge >= 0.3 is 0 Å². The zero-order valence-electron chi connectivity index (χ0n) is 18.8. The number of nitrogens with zero attached hydrogens (tertiary/aromatic N) is 2. The molecule has 2 aliphatic rings. The Hall–Kier alpha value is -2.24. The SMILES string of the molecule is Cc1cc(C(=O)N2CCc3cc(C(C)(C)C)cc([C@@H]4COCCN4)c3C2)cc(C)n1. The summed E-state index contributed by atoms with van der Waals surface area (Å²) in [6, 6.07) is 8.65. The summed E-state index contributed by atoms with van der Waals surface area (Å²) in [5.74, 6) is 0.0907. The van der Waals surface area contributed by atoms with E-state index < -0.39 is 0 Å². The smallest absolute Gasteiger partial charge is 0.254 e. The van der Waals surface area contributed by atoms with Gasteiger partial charge in [0.25, 0.3) is 5.91 Å². The van der Waals surface area contributed by atoms with Crippen molar-refractivity contribution in [1.29, 1.82) is 0 Å². The first kappa shape index (κ1) is 21.0. The minimum atomic E-state index is 0.0817. The first-order valence-corrected chi connectivity index (χ1v) is 10.9. The van der Waals surface area contributed by atoms with E-state index in [0.29, 0.717) is 13.2 Å². The van der Waals surface area contributed by atoms with Gasteiger partial charge in [0.15, 0.2) is 0 Å². The Morgan fingerprint density at radius 3 is 2.53 bits per heavy atom. The number of ether oxygens (including phenoxy) is 1. The fraction of sp³-hybridized carbons (Fsp3) is 0.520. The predicted molar refractivity (Wildman–Crippen MR) is 119 cm³/mol. The molecule has 1 amide bonds. The molecule has 4 rings (SSSR count). The van der Waals surface area contributed by atoms with Crippen LogP contribution in [-0.2, 0) is 23.1 Å². The number of carbonyl (C=O) groups is 1. The lowest BCUT2D eigenvalue weighted by molar-refractivity contribution is 0.0715. The number of fused-ring (bicyclic) bond motifs is 1. The predicted octanol–water partition coefficient (Wildman–Crippen LogP) is 3.86. The minimum Gasteiger partial charge on any atom is -0.378 e. The molecule has 3 heterocycles. The lowest BCUT2D eigenvalue weighted by Gasteiger charge is -2.35. The van der Waals surface area contributed by atoms with Gasteiger partial charge in [-0.1, -0.05) is 32.9 Å². The van der Waals surface area contributed by atoms with Crippen molar-refractivity contribution < 1.29 is 9.53 Å². The summed E-state index contributed by atoms with van der Waals surface area (Å²) in [5, 5.41) is 3.62. The number of nitrogens with one attached hydrogen (secondary N) is 1. The van der Waals surface area contributed by atoms with E-state index >= 15 is 0 Å². The molecule has 0 aliphatic carbocycles. The topological polar surface area (TPSA) is 54.5 Å². The number of carbonyl (C=O) groups excluding carboxylic acids is 1. The maximum absolute atomic E-state index is 13.3. The molecule has 160 valence electrons. The molecular formula is C25H33N3O2. The van der Waals surface area contributed by atoms with Gasteiger partial charge in [-0.05, 0) is 60.1 Å². The molecule has 30 heavy (non-hydrogen) atoms. The Morgan fingerprint density at radius 1 is 1.17 bits per heavy atom. The number of aryl methyl sites for hydroxylation is 2. The second-order valence-corrected chi connectivity index (χ2v) is 9.65. The van der Waals surface area contributed by atoms with Crippen LogP contribution in [0.5, 0.6) is 0 Å². The molecule has 1 aromatic heterocycles. The van der Waals surface area contributed by atoms with Gasteiger partial charge < -0.3 is 15.0 Å². The van der Waals surface area contributed by atoms with E-state index in [1.165, 1.54) is 22.3 Å². The van der Waals surface area contributed by atoms with Gasteiger partial charge in [-0.2, -0.15) is 0 Å². The second-order valence-electron chi connectivity index (χ2n) is 9.65. The van der Waals surface area contributed by atoms with E-state index in [1.54, 1.807) is 0 Å². The lowest BCUT2D eigenvalue weighted by Crippen LogP contribution is -2.39. The molecule has 2 aromatic rings. The molecule has 1 saturated heterocycles. The molecule has 1 atom stereocenters. The zero-order valence-corrected chi connectivity index (χ0v) is 18.8. The molecule has 1 fully saturated rings. The van der Waals surface area contributed by atoms with Crippen LogP contribution in [-0.4, -0.2) is 42.1 Å². The van der Waals surface area contributed by atoms with Crippen molar-refractivity contribution in [3.8, 4) is 0 Å². The number of aromatic nitrogens is 1. The molecule has 1 aromatic carbocycles. The largest absolute Gasteiger partial charge is 0.378 e. The van der Waals surface area contributed by atoms with Crippen molar-refractivity contribution in [2.75, 3.05) is 26.3 Å². The van der Waals surface area contributed by atoms with Crippen molar-refractivity contribution >= 4 is 5.91 Å². The van der Waals surface area contributed by atoms with E-state index in [0.717, 1.165) is 43.1 Å². The van der Waals surface area contributed by atoms with Gasteiger partial charge in [-0.15, -0.1) is 0 Å². The average molecular weight is 408 g/mol. The molecule has 0 saturated carbocycles. The van der Waals surface area contributed by atoms with Crippen LogP contribution >= 0.6 is 0 Å². The second kappa shape index (κ2) is 8.12. The van der Waals surface area contributed by atoms with Crippen LogP contribution in [0.1, 0.15) is 70.8 Å². The van der Waals surface area contributed by atoms with Crippen LogP contribution in [0.15, 0.2) is 24.3 Å². The van der Waals surface area contributed by atoms with Crippen LogP contribution < -0.4 is 5.32 Å². The highest BCUT2D eigenvalue weighted by atomic mass is 16.5. The molecule has 0 radical (unpaired) electrons. The van der Waals surface area contributed by atoms with Gasteiger partial charge in [0.2, 0.25) is 0 Å². The highest BCUT2D eigenvalue weighted by Crippen LogP contribution is 2.34. The maximum atomic E-state index is 13.3. The molecule has 2 aliphatic heterocycles. The molecule has 0 bridgehead atoms. The number of pyridine rings is 1. The highest BCUT2D eigenvalue weighted by Gasteiger charge is 2.29. The van der Waals surface area contributed by atoms with E-state index in [-0.39, 0.29) is 17.4 Å². The molecular weight excluding hydrogens is 374 g/mol. The summed E-state index contributed by atoms with van der Waals surface area (Å²) in [6.07, 6.45) is 0.884. The van der Waals surface area contributed by atoms with E-state index in [4.69, 9.17) is 4.74 Å². The summed E-state index contributed by atoms with van der Waals surface area (Å²) >= 11 is 0. The zero-order chi connectivity index (χ0) is 21.5. The number of hydrogen-bond acceptors (Lipinski definition) is 4. The quantitative estimate of drug-likeness (QED) is 0.821. The van der Waals surface area contributed by atoms with E-state index in [1.807, 2.05) is 30.9 Å². The average Bonchev–Trinajstić information content (AvgIpc) is 2.71. The Labute approximate surface area is 179 Å². The van der Waals surface area contributed by atoms with Crippen LogP contribution in [0.25, 0.3) is 0 Å². The monoisotopic (exact) mass is 407 g/mol. The fourth-order valence-corrected chi connectivity index (χ4v) is 4.52. The third-order valence-electron chi connectivity index (χ3n) is 6.16. The third kappa shape index (κ3) is 4.28. The number of morpholine rings is 1. The van der Waals surface area contributed by atoms with Crippen LogP contribution in [0, 0.1) is 13.8 Å². The highest BCUT2D eigenvalue weighted by molar-refractivity contribution is 5.94. The Kier molecular flexibility index (Phi) is 5.69. The van der Waals surface area contributed by atoms with Crippen LogP contribution in [0.2, 0.25) is 0 Å². The number of benzene rings is 1. The normalized spacial score (nSPS) is 19.5. The molecule has 0 unspecified atom stereocenters. The first-order valence-electron chi connectivity index (χ1n) is 10.9. The fourth-order valence-electron chi connectivity index (χ4n) is 4.52. The van der Waals surface area contributed by atoms with Crippen molar-refractivity contribution in [2.24, 2.45) is 0 Å². The van der Waals surface area contributed by atoms with Crippen molar-refractivity contribution in [2.45, 2.75) is 59.0 Å². The molecule has 5 heteroatoms. The van der Waals surface area contributed by atoms with E-state index in [9.17, 15) is 4.79 Å². The van der Waals surface area contributed by atoms with Crippen LogP contribution in [0.3, 0.4) is 0 Å². The maximum Gasteiger partial charge on any atom is 0.254 e. The molecule has 1 N–H and O–H groups in total. The first-order chi connectivity index (χ1) is 14.2. The van der Waals surface area contributed by atoms with Crippen LogP contribution in [0.4, 0.5) is 0 Å². The Bertz CT molecular complexity index is 935. The van der Waals surface area contributed by atoms with Crippen molar-refractivity contribution in [3.05, 3.63) is 63.5 Å². The van der Waals surface area contributed by atoms with Gasteiger partial charge in [0, 0.05) is 36.6 Å². The van der Waals surface area contributed by atoms with E-state index in [2.05, 4.69) is 43.2 Å². The van der Waals surface area contributed by atoms with Gasteiger partial charge in [-0.25, -0.2) is 0 Å². The summed E-state index contributed by atoms with van der Waals surface area (Å²) in [5.41, 5.74) is 7.88.